The van der Waals surface area contributed by atoms with Crippen LogP contribution in [0.15, 0.2) is 0 Å². The Hall–Kier alpha value is 0.287. The highest BCUT2D eigenvalue weighted by atomic mass is 32.2. The van der Waals surface area contributed by atoms with E-state index in [-0.39, 0.29) is 0 Å². The molecule has 0 aromatic carbocycles. The van der Waals surface area contributed by atoms with Gasteiger partial charge in [0, 0.05) is 0 Å². The summed E-state index contributed by atoms with van der Waals surface area (Å²) in [6.07, 6.45) is 0. The van der Waals surface area contributed by atoms with Crippen molar-refractivity contribution in [1.82, 2.24) is 0 Å². The predicted octanol–water partition coefficient (Wildman–Crippen LogP) is 0.632. The van der Waals surface area contributed by atoms with Gasteiger partial charge in [-0.1, -0.05) is 0 Å². The lowest BCUT2D eigenvalue weighted by Gasteiger charge is -2.17. The van der Waals surface area contributed by atoms with Crippen molar-refractivity contribution in [2.75, 3.05) is 0 Å². The van der Waals surface area contributed by atoms with Crippen molar-refractivity contribution in [2.45, 2.75) is 19.6 Å². The zero-order valence-electron chi connectivity index (χ0n) is 5.13. The molecule has 0 N–H and O–H groups in total. The van der Waals surface area contributed by atoms with Crippen molar-refractivity contribution in [2.24, 2.45) is 0 Å². The third-order valence-electron chi connectivity index (χ3n) is 0.318. The summed E-state index contributed by atoms with van der Waals surface area (Å²) in [6.45, 7) is 5.42. The van der Waals surface area contributed by atoms with Crippen molar-refractivity contribution in [1.29, 1.82) is 0 Å². The molecule has 0 aliphatic heterocycles. The summed E-state index contributed by atoms with van der Waals surface area (Å²) in [5.74, 6) is 0. The van der Waals surface area contributed by atoms with E-state index in [4.69, 9.17) is 0 Å². The van der Waals surface area contributed by atoms with Crippen LogP contribution in [0.4, 0.5) is 0 Å². The molecule has 0 rings (SSSR count). The van der Waals surface area contributed by atoms with E-state index >= 15 is 0 Å². The van der Waals surface area contributed by atoms with Crippen LogP contribution in [0.2, 0.25) is 19.6 Å². The molecule has 0 amide bonds. The van der Waals surface area contributed by atoms with Gasteiger partial charge in [0.05, 0.1) is 11.4 Å². The molecule has 50 valence electrons. The molecule has 0 aliphatic carbocycles. The highest BCUT2D eigenvalue weighted by Gasteiger charge is 2.14. The van der Waals surface area contributed by atoms with Gasteiger partial charge in [0.1, 0.15) is 0 Å². The second-order valence-electron chi connectivity index (χ2n) is 2.40. The van der Waals surface area contributed by atoms with Crippen LogP contribution in [0, 0.1) is 0 Å². The van der Waals surface area contributed by atoms with Gasteiger partial charge in [-0.15, -0.1) is 0 Å². The minimum atomic E-state index is -2.32. The quantitative estimate of drug-likeness (QED) is 0.432. The van der Waals surface area contributed by atoms with Gasteiger partial charge in [-0.05, 0) is 19.6 Å². The first-order chi connectivity index (χ1) is 3.42. The Bertz CT molecular complexity index is 97.2. The summed E-state index contributed by atoms with van der Waals surface area (Å²) in [7, 11) is -1.83. The molecule has 0 bridgehead atoms. The van der Waals surface area contributed by atoms with Gasteiger partial charge in [0.25, 0.3) is 0 Å². The van der Waals surface area contributed by atoms with Crippen molar-refractivity contribution in [3.05, 3.63) is 0 Å². The second kappa shape index (κ2) is 2.72. The van der Waals surface area contributed by atoms with Gasteiger partial charge in [0.2, 0.25) is 8.32 Å². The van der Waals surface area contributed by atoms with Gasteiger partial charge in [-0.25, -0.2) is 4.21 Å². The summed E-state index contributed by atoms with van der Waals surface area (Å²) in [5.41, 5.74) is 0. The smallest absolute Gasteiger partial charge is 0.204 e. The Balaban J connectivity index is 3.55. The molecule has 0 fully saturated rings. The van der Waals surface area contributed by atoms with E-state index in [2.05, 4.69) is 3.87 Å². The van der Waals surface area contributed by atoms with E-state index in [1.165, 1.54) is 0 Å². The van der Waals surface area contributed by atoms with E-state index in [1.54, 1.807) is 0 Å². The first-order valence-corrected chi connectivity index (χ1v) is 6.61. The minimum Gasteiger partial charge on any atom is -0.750 e. The zero-order chi connectivity index (χ0) is 6.78. The monoisotopic (exact) mass is 153 g/mol. The Morgan fingerprint density at radius 2 is 1.88 bits per heavy atom. The van der Waals surface area contributed by atoms with E-state index < -0.39 is 19.7 Å². The Labute approximate surface area is 52.7 Å². The van der Waals surface area contributed by atoms with Crippen LogP contribution in [-0.4, -0.2) is 17.1 Å². The molecule has 0 heterocycles. The first kappa shape index (κ1) is 8.29. The molecule has 1 atom stereocenters. The van der Waals surface area contributed by atoms with E-state index in [0.29, 0.717) is 0 Å². The lowest BCUT2D eigenvalue weighted by Crippen LogP contribution is -2.26. The van der Waals surface area contributed by atoms with Gasteiger partial charge >= 0.3 is 0 Å². The van der Waals surface area contributed by atoms with Gasteiger partial charge in [0.15, 0.2) is 0 Å². The third kappa shape index (κ3) is 6.29. The summed E-state index contributed by atoms with van der Waals surface area (Å²) in [5, 5.41) is 0. The molecule has 0 saturated heterocycles. The molecule has 0 saturated carbocycles. The maximum absolute atomic E-state index is 9.83. The summed E-state index contributed by atoms with van der Waals surface area (Å²) in [6, 6.07) is 0. The van der Waals surface area contributed by atoms with Crippen molar-refractivity contribution < 1.29 is 12.6 Å². The maximum atomic E-state index is 9.83. The fourth-order valence-corrected chi connectivity index (χ4v) is 1.84. The predicted molar refractivity (Wildman–Crippen MR) is 33.4 cm³/mol. The Morgan fingerprint density at radius 3 is 1.88 bits per heavy atom. The van der Waals surface area contributed by atoms with Crippen LogP contribution < -0.4 is 0 Å². The SMILES string of the molecule is C[Si](C)(C)OS(=O)[O-]. The van der Waals surface area contributed by atoms with Gasteiger partial charge in [-0.3, -0.25) is 0 Å². The maximum Gasteiger partial charge on any atom is 0.204 e. The molecule has 3 nitrogen and oxygen atoms in total. The van der Waals surface area contributed by atoms with E-state index in [9.17, 15) is 8.76 Å². The van der Waals surface area contributed by atoms with E-state index in [0.717, 1.165) is 0 Å². The highest BCUT2D eigenvalue weighted by molar-refractivity contribution is 7.75. The molecule has 0 spiro atoms. The van der Waals surface area contributed by atoms with Crippen molar-refractivity contribution in [3.63, 3.8) is 0 Å². The second-order valence-corrected chi connectivity index (χ2v) is 7.70. The lowest BCUT2D eigenvalue weighted by molar-refractivity contribution is 0.439. The van der Waals surface area contributed by atoms with Crippen molar-refractivity contribution in [3.8, 4) is 0 Å². The molecule has 0 aromatic rings. The topological polar surface area (TPSA) is 49.4 Å². The molecular formula is C3H9O3SSi-. The van der Waals surface area contributed by atoms with Gasteiger partial charge in [-0.2, -0.15) is 0 Å². The first-order valence-electron chi connectivity index (χ1n) is 2.20. The van der Waals surface area contributed by atoms with E-state index in [1.807, 2.05) is 19.6 Å². The fraction of sp³-hybridized carbons (Fsp3) is 1.00. The minimum absolute atomic E-state index is 1.81. The molecule has 5 heteroatoms. The zero-order valence-corrected chi connectivity index (χ0v) is 6.95. The van der Waals surface area contributed by atoms with Crippen LogP contribution in [0.3, 0.4) is 0 Å². The number of hydrogen-bond donors (Lipinski definition) is 0. The molecule has 0 aromatic heterocycles. The average Bonchev–Trinajstić information content (AvgIpc) is 1.21. The largest absolute Gasteiger partial charge is 0.750 e. The Morgan fingerprint density at radius 1 is 1.50 bits per heavy atom. The summed E-state index contributed by atoms with van der Waals surface area (Å²) < 4.78 is 24.1. The highest BCUT2D eigenvalue weighted by Crippen LogP contribution is 2.02. The van der Waals surface area contributed by atoms with Crippen molar-refractivity contribution >= 4 is 19.7 Å². The Kier molecular flexibility index (Phi) is 2.82. The van der Waals surface area contributed by atoms with Crippen LogP contribution in [0.1, 0.15) is 0 Å². The lowest BCUT2D eigenvalue weighted by atomic mass is 11.8. The molecule has 8 heavy (non-hydrogen) atoms. The standard InChI is InChI=1S/C3H10O3SSi/c1-8(2,3)6-7(4)5/h1-3H3,(H,4,5)/p-1. The molecule has 1 unspecified atom stereocenters. The third-order valence-corrected chi connectivity index (χ3v) is 2.86. The number of hydrogen-bond acceptors (Lipinski definition) is 3. The normalized spacial score (nSPS) is 16.0. The van der Waals surface area contributed by atoms with Crippen LogP contribution in [0.25, 0.3) is 0 Å². The summed E-state index contributed by atoms with van der Waals surface area (Å²) in [4.78, 5) is 0. The van der Waals surface area contributed by atoms with Gasteiger partial charge < -0.3 is 8.42 Å². The average molecular weight is 153 g/mol. The molecule has 0 aliphatic rings. The van der Waals surface area contributed by atoms with Crippen LogP contribution in [0.5, 0.6) is 0 Å². The molecular weight excluding hydrogens is 144 g/mol. The molecule has 0 radical (unpaired) electrons. The van der Waals surface area contributed by atoms with Crippen LogP contribution in [-0.2, 0) is 15.2 Å². The summed E-state index contributed by atoms with van der Waals surface area (Å²) >= 11 is -2.32. The number of rotatable bonds is 2. The fourth-order valence-electron chi connectivity index (χ4n) is 0.204. The van der Waals surface area contributed by atoms with Crippen LogP contribution >= 0.6 is 0 Å².